The quantitative estimate of drug-likeness (QED) is 0.649. The second-order valence-corrected chi connectivity index (χ2v) is 4.17. The Morgan fingerprint density at radius 2 is 2.24 bits per heavy atom. The first-order valence-corrected chi connectivity index (χ1v) is 5.70. The first kappa shape index (κ1) is 13.5. The number of ether oxygens (including phenoxy) is 1. The second kappa shape index (κ2) is 6.24. The minimum atomic E-state index is -1.01. The molecule has 6 heteroatoms. The summed E-state index contributed by atoms with van der Waals surface area (Å²) in [6.07, 6.45) is 0.851. The van der Waals surface area contributed by atoms with Crippen molar-refractivity contribution in [1.82, 2.24) is 0 Å². The van der Waals surface area contributed by atoms with Gasteiger partial charge in [0, 0.05) is 3.57 Å². The molecule has 0 aliphatic carbocycles. The molecule has 90 valence electrons. The van der Waals surface area contributed by atoms with Gasteiger partial charge in [0.1, 0.15) is 6.61 Å². The van der Waals surface area contributed by atoms with Crippen LogP contribution in [0.25, 0.3) is 0 Å². The summed E-state index contributed by atoms with van der Waals surface area (Å²) in [4.78, 5) is 21.9. The van der Waals surface area contributed by atoms with E-state index in [1.54, 1.807) is 0 Å². The van der Waals surface area contributed by atoms with Crippen LogP contribution in [0.5, 0.6) is 0 Å². The highest BCUT2D eigenvalue weighted by Gasteiger charge is 2.09. The van der Waals surface area contributed by atoms with Crippen LogP contribution in [-0.2, 0) is 4.74 Å². The Morgan fingerprint density at radius 1 is 1.53 bits per heavy atom. The lowest BCUT2D eigenvalue weighted by Gasteiger charge is -2.07. The molecule has 0 bridgehead atoms. The van der Waals surface area contributed by atoms with Gasteiger partial charge in [0.15, 0.2) is 0 Å². The average molecular weight is 347 g/mol. The highest BCUT2D eigenvalue weighted by atomic mass is 127. The van der Waals surface area contributed by atoms with Gasteiger partial charge in [-0.1, -0.05) is 12.7 Å². The third-order valence-electron chi connectivity index (χ3n) is 1.79. The van der Waals surface area contributed by atoms with Gasteiger partial charge >= 0.3 is 12.1 Å². The Kier molecular flexibility index (Phi) is 4.95. The number of aromatic carboxylic acids is 1. The average Bonchev–Trinajstić information content (AvgIpc) is 2.28. The minimum Gasteiger partial charge on any atom is -0.478 e. The topological polar surface area (TPSA) is 75.6 Å². The Labute approximate surface area is 112 Å². The summed E-state index contributed by atoms with van der Waals surface area (Å²) in [5, 5.41) is 11.3. The lowest BCUT2D eigenvalue weighted by molar-refractivity contribution is 0.0697. The maximum atomic E-state index is 11.2. The fourth-order valence-corrected chi connectivity index (χ4v) is 1.68. The number of carbonyl (C=O) groups is 2. The molecule has 0 atom stereocenters. The van der Waals surface area contributed by atoms with Crippen molar-refractivity contribution >= 4 is 40.3 Å². The number of carbonyl (C=O) groups excluding carboxylic acids is 1. The van der Waals surface area contributed by atoms with E-state index in [0.29, 0.717) is 9.26 Å². The van der Waals surface area contributed by atoms with Crippen LogP contribution >= 0.6 is 22.6 Å². The molecule has 0 aromatic heterocycles. The number of hydrogen-bond acceptors (Lipinski definition) is 3. The number of anilines is 1. The van der Waals surface area contributed by atoms with Crippen LogP contribution in [0.1, 0.15) is 10.4 Å². The summed E-state index contributed by atoms with van der Waals surface area (Å²) in [7, 11) is 0. The summed E-state index contributed by atoms with van der Waals surface area (Å²) in [6, 6.07) is 4.39. The van der Waals surface area contributed by atoms with Crippen LogP contribution < -0.4 is 5.32 Å². The molecule has 0 aliphatic heterocycles. The summed E-state index contributed by atoms with van der Waals surface area (Å²) in [6.45, 7) is 3.54. The summed E-state index contributed by atoms with van der Waals surface area (Å²) >= 11 is 1.94. The van der Waals surface area contributed by atoms with Gasteiger partial charge in [-0.25, -0.2) is 9.59 Å². The van der Waals surface area contributed by atoms with Gasteiger partial charge in [-0.15, -0.1) is 0 Å². The van der Waals surface area contributed by atoms with Gasteiger partial charge in [0.25, 0.3) is 0 Å². The molecule has 0 fully saturated rings. The van der Waals surface area contributed by atoms with E-state index in [2.05, 4.69) is 11.9 Å². The Balaban J connectivity index is 2.75. The summed E-state index contributed by atoms with van der Waals surface area (Å²) in [5.41, 5.74) is 0.670. The number of amides is 1. The van der Waals surface area contributed by atoms with Crippen molar-refractivity contribution in [3.05, 3.63) is 40.0 Å². The normalized spacial score (nSPS) is 9.47. The predicted octanol–water partition coefficient (Wildman–Crippen LogP) is 2.72. The first-order chi connectivity index (χ1) is 8.04. The molecule has 1 aromatic carbocycles. The Bertz CT molecular complexity index is 459. The van der Waals surface area contributed by atoms with Crippen molar-refractivity contribution in [2.75, 3.05) is 11.9 Å². The summed E-state index contributed by atoms with van der Waals surface area (Å²) < 4.78 is 5.36. The van der Waals surface area contributed by atoms with Crippen molar-refractivity contribution in [1.29, 1.82) is 0 Å². The third-order valence-corrected chi connectivity index (χ3v) is 2.68. The zero-order chi connectivity index (χ0) is 12.8. The minimum absolute atomic E-state index is 0.121. The van der Waals surface area contributed by atoms with Crippen molar-refractivity contribution in [3.8, 4) is 0 Å². The van der Waals surface area contributed by atoms with Crippen molar-refractivity contribution < 1.29 is 19.4 Å². The Hall–Kier alpha value is -1.57. The van der Waals surface area contributed by atoms with Gasteiger partial charge in [-0.2, -0.15) is 0 Å². The zero-order valence-electron chi connectivity index (χ0n) is 8.77. The third kappa shape index (κ3) is 4.06. The molecular formula is C11H10INO4. The molecule has 0 heterocycles. The van der Waals surface area contributed by atoms with Crippen LogP contribution in [0.3, 0.4) is 0 Å². The van der Waals surface area contributed by atoms with E-state index < -0.39 is 12.1 Å². The highest BCUT2D eigenvalue weighted by molar-refractivity contribution is 14.1. The van der Waals surface area contributed by atoms with Crippen molar-refractivity contribution in [2.45, 2.75) is 0 Å². The molecule has 0 saturated heterocycles. The summed E-state index contributed by atoms with van der Waals surface area (Å²) in [5.74, 6) is -1.01. The second-order valence-electron chi connectivity index (χ2n) is 3.01. The number of rotatable bonds is 4. The van der Waals surface area contributed by atoms with Crippen LogP contribution in [0.4, 0.5) is 10.5 Å². The zero-order valence-corrected chi connectivity index (χ0v) is 10.9. The molecule has 0 unspecified atom stereocenters. The molecular weight excluding hydrogens is 337 g/mol. The van der Waals surface area contributed by atoms with Gasteiger partial charge in [-0.05, 0) is 40.8 Å². The van der Waals surface area contributed by atoms with E-state index in [9.17, 15) is 9.59 Å². The van der Waals surface area contributed by atoms with E-state index in [4.69, 9.17) is 9.84 Å². The standard InChI is InChI=1S/C11H10INO4/c1-2-5-17-11(16)13-9-4-3-7(10(14)15)6-8(9)12/h2-4,6H,1,5H2,(H,13,16)(H,14,15). The molecule has 0 aliphatic rings. The molecule has 1 aromatic rings. The fourth-order valence-electron chi connectivity index (χ4n) is 1.03. The molecule has 1 rings (SSSR count). The molecule has 2 N–H and O–H groups in total. The molecule has 17 heavy (non-hydrogen) atoms. The van der Waals surface area contributed by atoms with E-state index in [0.717, 1.165) is 0 Å². The maximum Gasteiger partial charge on any atom is 0.411 e. The Morgan fingerprint density at radius 3 is 2.76 bits per heavy atom. The number of carboxylic acids is 1. The van der Waals surface area contributed by atoms with Crippen molar-refractivity contribution in [2.24, 2.45) is 0 Å². The van der Waals surface area contributed by atoms with Gasteiger partial charge in [-0.3, -0.25) is 5.32 Å². The first-order valence-electron chi connectivity index (χ1n) is 4.62. The SMILES string of the molecule is C=CCOC(=O)Nc1ccc(C(=O)O)cc1I. The smallest absolute Gasteiger partial charge is 0.411 e. The number of nitrogens with one attached hydrogen (secondary N) is 1. The lowest BCUT2D eigenvalue weighted by atomic mass is 10.2. The van der Waals surface area contributed by atoms with Gasteiger partial charge in [0.05, 0.1) is 11.3 Å². The fraction of sp³-hybridized carbons (Fsp3) is 0.0909. The largest absolute Gasteiger partial charge is 0.478 e. The monoisotopic (exact) mass is 347 g/mol. The van der Waals surface area contributed by atoms with Crippen LogP contribution in [0, 0.1) is 3.57 Å². The number of hydrogen-bond donors (Lipinski definition) is 2. The van der Waals surface area contributed by atoms with E-state index in [1.165, 1.54) is 24.3 Å². The van der Waals surface area contributed by atoms with Crippen LogP contribution in [0.2, 0.25) is 0 Å². The molecule has 0 saturated carbocycles. The molecule has 5 nitrogen and oxygen atoms in total. The van der Waals surface area contributed by atoms with Gasteiger partial charge < -0.3 is 9.84 Å². The van der Waals surface area contributed by atoms with Crippen LogP contribution in [-0.4, -0.2) is 23.8 Å². The van der Waals surface area contributed by atoms with E-state index >= 15 is 0 Å². The number of halogens is 1. The lowest BCUT2D eigenvalue weighted by Crippen LogP contribution is -2.14. The predicted molar refractivity (Wildman–Crippen MR) is 71.3 cm³/mol. The van der Waals surface area contributed by atoms with E-state index in [-0.39, 0.29) is 12.2 Å². The van der Waals surface area contributed by atoms with Crippen LogP contribution in [0.15, 0.2) is 30.9 Å². The molecule has 0 spiro atoms. The highest BCUT2D eigenvalue weighted by Crippen LogP contribution is 2.19. The number of benzene rings is 1. The van der Waals surface area contributed by atoms with E-state index in [1.807, 2.05) is 22.6 Å². The maximum absolute atomic E-state index is 11.2. The van der Waals surface area contributed by atoms with Gasteiger partial charge in [0.2, 0.25) is 0 Å². The molecule has 1 amide bonds. The number of carboxylic acid groups (broad SMARTS) is 1. The van der Waals surface area contributed by atoms with Crippen molar-refractivity contribution in [3.63, 3.8) is 0 Å². The molecule has 0 radical (unpaired) electrons.